The molecule has 36 heavy (non-hydrogen) atoms. The maximum atomic E-state index is 5.90. The van der Waals surface area contributed by atoms with Gasteiger partial charge in [-0.3, -0.25) is 4.98 Å². The number of anilines is 1. The van der Waals surface area contributed by atoms with Crippen molar-refractivity contribution in [2.75, 3.05) is 11.5 Å². The van der Waals surface area contributed by atoms with Crippen molar-refractivity contribution in [3.8, 4) is 11.4 Å². The fourth-order valence-corrected chi connectivity index (χ4v) is 5.35. The maximum Gasteiger partial charge on any atom is 0.174 e. The molecule has 0 aliphatic carbocycles. The van der Waals surface area contributed by atoms with Gasteiger partial charge in [0, 0.05) is 29.5 Å². The van der Waals surface area contributed by atoms with E-state index in [0.29, 0.717) is 11.7 Å². The number of aromatic nitrogens is 2. The van der Waals surface area contributed by atoms with E-state index >= 15 is 0 Å². The lowest BCUT2D eigenvalue weighted by Gasteiger charge is -2.29. The first kappa shape index (κ1) is 22.3. The van der Waals surface area contributed by atoms with E-state index in [-0.39, 0.29) is 12.1 Å². The summed E-state index contributed by atoms with van der Waals surface area (Å²) in [7, 11) is 0. The van der Waals surface area contributed by atoms with Crippen molar-refractivity contribution < 1.29 is 4.74 Å². The molecule has 0 radical (unpaired) electrons. The normalized spacial score (nSPS) is 17.4. The minimum absolute atomic E-state index is 0.105. The van der Waals surface area contributed by atoms with Gasteiger partial charge in [-0.15, -0.1) is 0 Å². The van der Waals surface area contributed by atoms with Crippen LogP contribution >= 0.6 is 12.2 Å². The molecule has 6 rings (SSSR count). The summed E-state index contributed by atoms with van der Waals surface area (Å²) in [6.07, 6.45) is 3.95. The second-order valence-electron chi connectivity index (χ2n) is 8.76. The standard InChI is InChI=1S/C30H26N4OS/c1-2-35-25-16-14-23(15-17-25)34-29(28(32-30(34)36)26-10-5-6-18-31-26)27-11-7-19-33(27)24-13-12-21-8-3-4-9-22(21)20-24/h3-20,28-29H,2H2,1H3,(H,32,36)/t28-,29+/m1/s1. The van der Waals surface area contributed by atoms with E-state index in [1.165, 1.54) is 10.8 Å². The van der Waals surface area contributed by atoms with Crippen molar-refractivity contribution in [3.05, 3.63) is 121 Å². The molecule has 5 aromatic rings. The van der Waals surface area contributed by atoms with Crippen molar-refractivity contribution in [1.82, 2.24) is 14.9 Å². The highest BCUT2D eigenvalue weighted by atomic mass is 32.1. The first-order valence-corrected chi connectivity index (χ1v) is 12.5. The van der Waals surface area contributed by atoms with Crippen LogP contribution in [0.4, 0.5) is 5.69 Å². The van der Waals surface area contributed by atoms with Gasteiger partial charge in [0.2, 0.25) is 0 Å². The number of fused-ring (bicyclic) bond motifs is 1. The van der Waals surface area contributed by atoms with Gasteiger partial charge < -0.3 is 19.5 Å². The topological polar surface area (TPSA) is 42.3 Å². The molecule has 1 N–H and O–H groups in total. The SMILES string of the molecule is CCOc1ccc(N2C(=S)N[C@H](c3ccccn3)[C@@H]2c2cccn2-c2ccc3ccccc3c2)cc1. The zero-order chi connectivity index (χ0) is 24.5. The molecule has 1 saturated heterocycles. The molecule has 5 nitrogen and oxygen atoms in total. The van der Waals surface area contributed by atoms with Crippen LogP contribution in [0.1, 0.15) is 30.4 Å². The lowest BCUT2D eigenvalue weighted by molar-refractivity contribution is 0.340. The Morgan fingerprint density at radius 2 is 1.64 bits per heavy atom. The Balaban J connectivity index is 1.48. The first-order valence-electron chi connectivity index (χ1n) is 12.1. The lowest BCUT2D eigenvalue weighted by atomic mass is 10.0. The van der Waals surface area contributed by atoms with Crippen LogP contribution in [0.2, 0.25) is 0 Å². The predicted octanol–water partition coefficient (Wildman–Crippen LogP) is 6.60. The molecule has 1 fully saturated rings. The highest BCUT2D eigenvalue weighted by molar-refractivity contribution is 7.80. The summed E-state index contributed by atoms with van der Waals surface area (Å²) in [5.74, 6) is 0.844. The summed E-state index contributed by atoms with van der Waals surface area (Å²) >= 11 is 5.90. The number of benzene rings is 3. The van der Waals surface area contributed by atoms with Gasteiger partial charge in [-0.05, 0) is 90.6 Å². The molecule has 0 bridgehead atoms. The quantitative estimate of drug-likeness (QED) is 0.272. The third-order valence-corrected chi connectivity index (χ3v) is 6.93. The fraction of sp³-hybridized carbons (Fsp3) is 0.133. The molecule has 2 aromatic heterocycles. The van der Waals surface area contributed by atoms with E-state index < -0.39 is 0 Å². The smallest absolute Gasteiger partial charge is 0.174 e. The van der Waals surface area contributed by atoms with Gasteiger partial charge in [-0.1, -0.05) is 36.4 Å². The van der Waals surface area contributed by atoms with E-state index in [9.17, 15) is 0 Å². The average Bonchev–Trinajstić information content (AvgIpc) is 3.54. The van der Waals surface area contributed by atoms with Crippen molar-refractivity contribution in [2.45, 2.75) is 19.0 Å². The molecule has 1 aliphatic rings. The predicted molar refractivity (Wildman–Crippen MR) is 149 cm³/mol. The van der Waals surface area contributed by atoms with Crippen LogP contribution in [0.25, 0.3) is 16.5 Å². The van der Waals surface area contributed by atoms with Crippen LogP contribution in [0.5, 0.6) is 5.75 Å². The largest absolute Gasteiger partial charge is 0.494 e. The number of hydrogen-bond donors (Lipinski definition) is 1. The third kappa shape index (κ3) is 3.99. The Hall–Kier alpha value is -4.16. The molecule has 2 atom stereocenters. The van der Waals surface area contributed by atoms with Gasteiger partial charge in [-0.25, -0.2) is 0 Å². The van der Waals surface area contributed by atoms with E-state index in [2.05, 4.69) is 98.8 Å². The zero-order valence-electron chi connectivity index (χ0n) is 19.9. The number of hydrogen-bond acceptors (Lipinski definition) is 3. The molecule has 1 aliphatic heterocycles. The second kappa shape index (κ2) is 9.47. The highest BCUT2D eigenvalue weighted by Crippen LogP contribution is 2.42. The molecule has 178 valence electrons. The van der Waals surface area contributed by atoms with Gasteiger partial charge in [0.05, 0.1) is 18.3 Å². The van der Waals surface area contributed by atoms with Crippen LogP contribution in [0, 0.1) is 0 Å². The summed E-state index contributed by atoms with van der Waals surface area (Å²) in [6.45, 7) is 2.62. The minimum Gasteiger partial charge on any atom is -0.494 e. The Morgan fingerprint density at radius 1 is 0.861 bits per heavy atom. The summed E-state index contributed by atoms with van der Waals surface area (Å²) in [5.41, 5.74) is 4.19. The fourth-order valence-electron chi connectivity index (χ4n) is 5.00. The Bertz CT molecular complexity index is 1510. The lowest BCUT2D eigenvalue weighted by Crippen LogP contribution is -2.30. The van der Waals surface area contributed by atoms with Gasteiger partial charge >= 0.3 is 0 Å². The number of thiocarbonyl (C=S) groups is 1. The summed E-state index contributed by atoms with van der Waals surface area (Å²) in [5, 5.41) is 6.66. The molecule has 0 spiro atoms. The number of nitrogens with one attached hydrogen (secondary N) is 1. The average molecular weight is 491 g/mol. The van der Waals surface area contributed by atoms with E-state index in [1.54, 1.807) is 0 Å². The molecule has 3 heterocycles. The molecular formula is C30H26N4OS. The van der Waals surface area contributed by atoms with Crippen LogP contribution in [0.15, 0.2) is 109 Å². The number of pyridine rings is 1. The van der Waals surface area contributed by atoms with E-state index in [1.807, 2.05) is 37.4 Å². The third-order valence-electron chi connectivity index (χ3n) is 6.62. The number of nitrogens with zero attached hydrogens (tertiary/aromatic N) is 3. The van der Waals surface area contributed by atoms with Gasteiger partial charge in [0.15, 0.2) is 5.11 Å². The van der Waals surface area contributed by atoms with Crippen molar-refractivity contribution in [2.24, 2.45) is 0 Å². The monoisotopic (exact) mass is 490 g/mol. The van der Waals surface area contributed by atoms with Gasteiger partial charge in [-0.2, -0.15) is 0 Å². The van der Waals surface area contributed by atoms with Crippen molar-refractivity contribution >= 4 is 33.8 Å². The molecule has 3 aromatic carbocycles. The van der Waals surface area contributed by atoms with Crippen molar-refractivity contribution in [1.29, 1.82) is 0 Å². The summed E-state index contributed by atoms with van der Waals surface area (Å²) in [4.78, 5) is 6.88. The first-order chi connectivity index (χ1) is 17.7. The van der Waals surface area contributed by atoms with Gasteiger partial charge in [0.1, 0.15) is 11.8 Å². The number of rotatable bonds is 6. The van der Waals surface area contributed by atoms with Crippen LogP contribution in [-0.2, 0) is 0 Å². The Kier molecular flexibility index (Phi) is 5.87. The van der Waals surface area contributed by atoms with Crippen LogP contribution in [-0.4, -0.2) is 21.3 Å². The zero-order valence-corrected chi connectivity index (χ0v) is 20.7. The summed E-state index contributed by atoms with van der Waals surface area (Å²) < 4.78 is 7.93. The van der Waals surface area contributed by atoms with Crippen molar-refractivity contribution in [3.63, 3.8) is 0 Å². The Morgan fingerprint density at radius 3 is 2.42 bits per heavy atom. The van der Waals surface area contributed by atoms with Gasteiger partial charge in [0.25, 0.3) is 0 Å². The maximum absolute atomic E-state index is 5.90. The van der Waals surface area contributed by atoms with Crippen LogP contribution in [0.3, 0.4) is 0 Å². The van der Waals surface area contributed by atoms with E-state index in [4.69, 9.17) is 17.0 Å². The molecular weight excluding hydrogens is 464 g/mol. The Labute approximate surface area is 216 Å². The molecule has 6 heteroatoms. The summed E-state index contributed by atoms with van der Waals surface area (Å²) in [6, 6.07) is 33.2. The van der Waals surface area contributed by atoms with Crippen LogP contribution < -0.4 is 15.0 Å². The highest BCUT2D eigenvalue weighted by Gasteiger charge is 2.42. The second-order valence-corrected chi connectivity index (χ2v) is 9.14. The molecule has 0 amide bonds. The number of ether oxygens (including phenoxy) is 1. The molecule has 0 unspecified atom stereocenters. The molecule has 0 saturated carbocycles. The minimum atomic E-state index is -0.112. The van der Waals surface area contributed by atoms with E-state index in [0.717, 1.165) is 28.5 Å².